The van der Waals surface area contributed by atoms with Crippen LogP contribution in [0.4, 0.5) is 0 Å². The third-order valence-electron chi connectivity index (χ3n) is 8.27. The lowest BCUT2D eigenvalue weighted by atomic mass is 9.89. The van der Waals surface area contributed by atoms with Gasteiger partial charge in [0.2, 0.25) is 5.91 Å². The van der Waals surface area contributed by atoms with Gasteiger partial charge < -0.3 is 25.2 Å². The first-order valence-corrected chi connectivity index (χ1v) is 14.3. The van der Waals surface area contributed by atoms with Crippen molar-refractivity contribution in [2.75, 3.05) is 26.8 Å². The molecule has 1 saturated carbocycles. The Balaban J connectivity index is 1.25. The molecule has 1 aliphatic heterocycles. The molecule has 3 aromatic rings. The Labute approximate surface area is 235 Å². The molecule has 0 spiro atoms. The second-order valence-electron chi connectivity index (χ2n) is 10.9. The number of hydrogen-bond donors (Lipinski definition) is 2. The van der Waals surface area contributed by atoms with E-state index in [-0.39, 0.29) is 24.0 Å². The number of nitrogens with zero attached hydrogens (tertiary/aromatic N) is 2. The highest BCUT2D eigenvalue weighted by Gasteiger charge is 2.35. The second-order valence-corrected chi connectivity index (χ2v) is 11.3. The second kappa shape index (κ2) is 12.3. The van der Waals surface area contributed by atoms with Crippen LogP contribution in [0.1, 0.15) is 50.5 Å². The van der Waals surface area contributed by atoms with Crippen molar-refractivity contribution in [3.63, 3.8) is 0 Å². The zero-order valence-electron chi connectivity index (χ0n) is 22.5. The number of pyridine rings is 1. The normalized spacial score (nSPS) is 23.2. The van der Waals surface area contributed by atoms with Gasteiger partial charge in [-0.2, -0.15) is 0 Å². The molecular formula is C31H38ClN3O4. The molecule has 2 fully saturated rings. The minimum absolute atomic E-state index is 0.00287. The van der Waals surface area contributed by atoms with Crippen LogP contribution in [0.2, 0.25) is 5.02 Å². The molecule has 5 rings (SSSR count). The highest BCUT2D eigenvalue weighted by molar-refractivity contribution is 6.34. The van der Waals surface area contributed by atoms with Gasteiger partial charge in [0.25, 0.3) is 0 Å². The summed E-state index contributed by atoms with van der Waals surface area (Å²) >= 11 is 6.73. The summed E-state index contributed by atoms with van der Waals surface area (Å²) in [7, 11) is 1.52. The molecule has 1 amide bonds. The van der Waals surface area contributed by atoms with E-state index >= 15 is 0 Å². The molecule has 2 aliphatic rings. The summed E-state index contributed by atoms with van der Waals surface area (Å²) in [5.41, 5.74) is 8.23. The lowest BCUT2D eigenvalue weighted by Crippen LogP contribution is -2.47. The van der Waals surface area contributed by atoms with E-state index in [1.807, 2.05) is 53.6 Å². The fourth-order valence-electron chi connectivity index (χ4n) is 6.12. The molecule has 1 aromatic heterocycles. The van der Waals surface area contributed by atoms with Gasteiger partial charge in [0.1, 0.15) is 0 Å². The SMILES string of the molecule is COC(O)(CCCCC1CN(C(=O)C2CCC(N)C2)CCO1)c1cccc(Cl)c1-c1cncc2ccccc12. The lowest BCUT2D eigenvalue weighted by Gasteiger charge is -2.35. The zero-order chi connectivity index (χ0) is 27.4. The molecule has 2 aromatic carbocycles. The summed E-state index contributed by atoms with van der Waals surface area (Å²) in [5.74, 6) is -1.24. The number of aliphatic hydroxyl groups is 1. The highest BCUT2D eigenvalue weighted by Crippen LogP contribution is 2.42. The van der Waals surface area contributed by atoms with Crippen molar-refractivity contribution < 1.29 is 19.4 Å². The third kappa shape index (κ3) is 6.13. The number of morpholine rings is 1. The Morgan fingerprint density at radius 2 is 2.05 bits per heavy atom. The van der Waals surface area contributed by atoms with E-state index < -0.39 is 5.79 Å². The predicted octanol–water partition coefficient (Wildman–Crippen LogP) is 5.26. The van der Waals surface area contributed by atoms with E-state index in [9.17, 15) is 9.90 Å². The van der Waals surface area contributed by atoms with Crippen LogP contribution in [0, 0.1) is 5.92 Å². The summed E-state index contributed by atoms with van der Waals surface area (Å²) < 4.78 is 11.7. The van der Waals surface area contributed by atoms with Gasteiger partial charge in [-0.25, -0.2) is 0 Å². The molecule has 1 aliphatic carbocycles. The largest absolute Gasteiger partial charge is 0.375 e. The summed E-state index contributed by atoms with van der Waals surface area (Å²) in [5, 5.41) is 14.3. The predicted molar refractivity (Wildman–Crippen MR) is 153 cm³/mol. The average molecular weight is 552 g/mol. The number of aromatic nitrogens is 1. The Bertz CT molecular complexity index is 1300. The molecule has 4 unspecified atom stereocenters. The monoisotopic (exact) mass is 551 g/mol. The first-order valence-electron chi connectivity index (χ1n) is 13.9. The van der Waals surface area contributed by atoms with Gasteiger partial charge >= 0.3 is 0 Å². The number of carbonyl (C=O) groups excluding carboxylic acids is 1. The van der Waals surface area contributed by atoms with Crippen molar-refractivity contribution in [1.29, 1.82) is 0 Å². The Hall–Kier alpha value is -2.55. The van der Waals surface area contributed by atoms with E-state index in [1.165, 1.54) is 7.11 Å². The molecule has 2 heterocycles. The molecule has 8 heteroatoms. The zero-order valence-corrected chi connectivity index (χ0v) is 23.3. The highest BCUT2D eigenvalue weighted by atomic mass is 35.5. The van der Waals surface area contributed by atoms with Crippen molar-refractivity contribution >= 4 is 28.3 Å². The minimum atomic E-state index is -1.52. The number of benzene rings is 2. The van der Waals surface area contributed by atoms with Crippen LogP contribution in [0.25, 0.3) is 21.9 Å². The first-order chi connectivity index (χ1) is 18.9. The number of rotatable bonds is 9. The maximum atomic E-state index is 13.0. The van der Waals surface area contributed by atoms with E-state index in [0.29, 0.717) is 36.7 Å². The van der Waals surface area contributed by atoms with Crippen molar-refractivity contribution in [2.24, 2.45) is 11.7 Å². The van der Waals surface area contributed by atoms with Crippen molar-refractivity contribution in [2.45, 2.75) is 62.9 Å². The van der Waals surface area contributed by atoms with Crippen LogP contribution in [-0.2, 0) is 20.1 Å². The van der Waals surface area contributed by atoms with Crippen LogP contribution in [0.5, 0.6) is 0 Å². The van der Waals surface area contributed by atoms with Gasteiger partial charge in [0.15, 0.2) is 5.79 Å². The van der Waals surface area contributed by atoms with E-state index in [2.05, 4.69) is 4.98 Å². The van der Waals surface area contributed by atoms with Gasteiger partial charge in [-0.15, -0.1) is 0 Å². The smallest absolute Gasteiger partial charge is 0.225 e. The number of hydrogen-bond acceptors (Lipinski definition) is 6. The standard InChI is InChI=1S/C31H38ClN3O4/c1-38-31(37,14-5-4-8-24-20-35(15-16-39-24)30(36)21-12-13-23(33)17-21)27-10-6-11-28(32)29(27)26-19-34-18-22-7-2-3-9-25(22)26/h2-3,6-7,9-11,18-19,21,23-24,37H,4-5,8,12-17,20,33H2,1H3. The quantitative estimate of drug-likeness (QED) is 0.278. The molecular weight excluding hydrogens is 514 g/mol. The number of amides is 1. The van der Waals surface area contributed by atoms with Gasteiger partial charge in [-0.05, 0) is 43.6 Å². The molecule has 4 atom stereocenters. The fraction of sp³-hybridized carbons (Fsp3) is 0.484. The van der Waals surface area contributed by atoms with E-state index in [0.717, 1.165) is 60.4 Å². The molecule has 7 nitrogen and oxygen atoms in total. The molecule has 208 valence electrons. The lowest BCUT2D eigenvalue weighted by molar-refractivity contribution is -0.199. The van der Waals surface area contributed by atoms with E-state index in [1.54, 1.807) is 6.20 Å². The number of halogens is 1. The van der Waals surface area contributed by atoms with Crippen LogP contribution in [0.3, 0.4) is 0 Å². The Morgan fingerprint density at radius 3 is 2.85 bits per heavy atom. The van der Waals surface area contributed by atoms with Gasteiger partial charge in [-0.3, -0.25) is 9.78 Å². The first kappa shape index (κ1) is 28.0. The summed E-state index contributed by atoms with van der Waals surface area (Å²) in [6.07, 6.45) is 8.96. The molecule has 39 heavy (non-hydrogen) atoms. The van der Waals surface area contributed by atoms with Gasteiger partial charge in [0.05, 0.1) is 12.7 Å². The van der Waals surface area contributed by atoms with Crippen LogP contribution >= 0.6 is 11.6 Å². The molecule has 1 saturated heterocycles. The molecule has 0 radical (unpaired) electrons. The fourth-order valence-corrected chi connectivity index (χ4v) is 6.39. The molecule has 3 N–H and O–H groups in total. The van der Waals surface area contributed by atoms with Crippen LogP contribution < -0.4 is 5.73 Å². The number of unbranched alkanes of at least 4 members (excludes halogenated alkanes) is 1. The van der Waals surface area contributed by atoms with Crippen molar-refractivity contribution in [3.05, 3.63) is 65.4 Å². The molecule has 0 bridgehead atoms. The van der Waals surface area contributed by atoms with Crippen LogP contribution in [0.15, 0.2) is 54.9 Å². The number of nitrogens with two attached hydrogens (primary N) is 1. The maximum absolute atomic E-state index is 13.0. The maximum Gasteiger partial charge on any atom is 0.225 e. The summed E-state index contributed by atoms with van der Waals surface area (Å²) in [6, 6.07) is 13.7. The minimum Gasteiger partial charge on any atom is -0.375 e. The van der Waals surface area contributed by atoms with Gasteiger partial charge in [-0.1, -0.05) is 54.4 Å². The number of fused-ring (bicyclic) bond motifs is 1. The summed E-state index contributed by atoms with van der Waals surface area (Å²) in [6.45, 7) is 1.82. The Morgan fingerprint density at radius 1 is 1.21 bits per heavy atom. The van der Waals surface area contributed by atoms with Crippen molar-refractivity contribution in [1.82, 2.24) is 9.88 Å². The average Bonchev–Trinajstić information content (AvgIpc) is 3.40. The number of ether oxygens (including phenoxy) is 2. The Kier molecular flexibility index (Phi) is 8.84. The number of methoxy groups -OCH3 is 1. The summed E-state index contributed by atoms with van der Waals surface area (Å²) in [4.78, 5) is 19.3. The van der Waals surface area contributed by atoms with Crippen molar-refractivity contribution in [3.8, 4) is 11.1 Å². The van der Waals surface area contributed by atoms with E-state index in [4.69, 9.17) is 26.8 Å². The number of carbonyl (C=O) groups is 1. The third-order valence-corrected chi connectivity index (χ3v) is 8.59. The van der Waals surface area contributed by atoms with Crippen LogP contribution in [-0.4, -0.2) is 59.8 Å². The topological polar surface area (TPSA) is 97.9 Å². The van der Waals surface area contributed by atoms with Gasteiger partial charge in [0, 0.05) is 78.1 Å².